The van der Waals surface area contributed by atoms with E-state index < -0.39 is 0 Å². The van der Waals surface area contributed by atoms with E-state index in [1.165, 1.54) is 11.3 Å². The maximum absolute atomic E-state index is 5.69. The number of ether oxygens (including phenoxy) is 1. The molecule has 0 amide bonds. The van der Waals surface area contributed by atoms with Gasteiger partial charge in [-0.3, -0.25) is 0 Å². The smallest absolute Gasteiger partial charge is 0.0641 e. The molecular formula is C16H28N2O. The van der Waals surface area contributed by atoms with Crippen molar-refractivity contribution in [2.45, 2.75) is 27.2 Å². The van der Waals surface area contributed by atoms with Crippen molar-refractivity contribution < 1.29 is 4.74 Å². The van der Waals surface area contributed by atoms with Crippen molar-refractivity contribution in [1.29, 1.82) is 0 Å². The van der Waals surface area contributed by atoms with Crippen molar-refractivity contribution in [2.24, 2.45) is 11.7 Å². The molecule has 1 aromatic carbocycles. The average Bonchev–Trinajstić information content (AvgIpc) is 2.39. The zero-order valence-electron chi connectivity index (χ0n) is 12.6. The Labute approximate surface area is 117 Å². The van der Waals surface area contributed by atoms with E-state index in [2.05, 4.69) is 49.9 Å². The molecule has 0 heterocycles. The first-order valence-corrected chi connectivity index (χ1v) is 7.23. The summed E-state index contributed by atoms with van der Waals surface area (Å²) in [5.41, 5.74) is 8.23. The van der Waals surface area contributed by atoms with E-state index in [4.69, 9.17) is 10.5 Å². The number of nitrogens with two attached hydrogens (primary N) is 1. The number of rotatable bonds is 9. The van der Waals surface area contributed by atoms with E-state index in [1.807, 2.05) is 0 Å². The van der Waals surface area contributed by atoms with Gasteiger partial charge in [0.25, 0.3) is 0 Å². The zero-order chi connectivity index (χ0) is 14.1. The van der Waals surface area contributed by atoms with E-state index in [-0.39, 0.29) is 0 Å². The summed E-state index contributed by atoms with van der Waals surface area (Å²) in [7, 11) is 0. The van der Waals surface area contributed by atoms with Crippen LogP contribution in [-0.2, 0) is 4.74 Å². The lowest BCUT2D eigenvalue weighted by Gasteiger charge is -2.26. The van der Waals surface area contributed by atoms with Gasteiger partial charge in [-0.2, -0.15) is 0 Å². The van der Waals surface area contributed by atoms with E-state index in [0.717, 1.165) is 39.3 Å². The molecule has 0 aliphatic rings. The first kappa shape index (κ1) is 16.0. The fraction of sp³-hybridized carbons (Fsp3) is 0.625. The van der Waals surface area contributed by atoms with Crippen LogP contribution < -0.4 is 10.6 Å². The van der Waals surface area contributed by atoms with Gasteiger partial charge in [-0.25, -0.2) is 0 Å². The van der Waals surface area contributed by atoms with Gasteiger partial charge in [-0.1, -0.05) is 32.0 Å². The van der Waals surface area contributed by atoms with Gasteiger partial charge in [-0.05, 0) is 37.4 Å². The number of nitrogens with zero attached hydrogens (tertiary/aromatic N) is 1. The molecule has 0 fully saturated rings. The fourth-order valence-corrected chi connectivity index (χ4v) is 2.05. The van der Waals surface area contributed by atoms with Crippen LogP contribution in [0, 0.1) is 12.8 Å². The molecule has 108 valence electrons. The highest BCUT2D eigenvalue weighted by molar-refractivity contribution is 5.52. The number of hydrogen-bond donors (Lipinski definition) is 1. The molecule has 0 radical (unpaired) electrons. The molecule has 0 spiro atoms. The first-order chi connectivity index (χ1) is 9.15. The predicted octanol–water partition coefficient (Wildman–Crippen LogP) is 2.82. The van der Waals surface area contributed by atoms with Crippen molar-refractivity contribution in [3.05, 3.63) is 29.8 Å². The third-order valence-electron chi connectivity index (χ3n) is 3.05. The summed E-state index contributed by atoms with van der Waals surface area (Å²) < 4.78 is 5.69. The molecule has 0 aromatic heterocycles. The summed E-state index contributed by atoms with van der Waals surface area (Å²) in [5, 5.41) is 0. The molecule has 0 saturated carbocycles. The lowest BCUT2D eigenvalue weighted by Crippen LogP contribution is -2.30. The monoisotopic (exact) mass is 264 g/mol. The second-order valence-electron chi connectivity index (χ2n) is 5.38. The van der Waals surface area contributed by atoms with Crippen LogP contribution in [0.2, 0.25) is 0 Å². The summed E-state index contributed by atoms with van der Waals surface area (Å²) in [6, 6.07) is 8.50. The second kappa shape index (κ2) is 8.94. The molecule has 0 unspecified atom stereocenters. The van der Waals surface area contributed by atoms with Crippen LogP contribution in [0.4, 0.5) is 5.69 Å². The standard InChI is InChI=1S/C16H28N2O/c1-14(2)13-19-12-11-18(10-6-9-17)16-8-5-4-7-15(16)3/h4-5,7-8,14H,6,9-13,17H2,1-3H3. The van der Waals surface area contributed by atoms with Crippen LogP contribution in [0.5, 0.6) is 0 Å². The van der Waals surface area contributed by atoms with Crippen LogP contribution in [0.15, 0.2) is 24.3 Å². The van der Waals surface area contributed by atoms with Crippen molar-refractivity contribution in [1.82, 2.24) is 0 Å². The molecule has 3 heteroatoms. The Morgan fingerprint density at radius 1 is 1.21 bits per heavy atom. The zero-order valence-corrected chi connectivity index (χ0v) is 12.6. The third kappa shape index (κ3) is 6.08. The molecular weight excluding hydrogens is 236 g/mol. The van der Waals surface area contributed by atoms with Gasteiger partial charge < -0.3 is 15.4 Å². The number of aryl methyl sites for hydroxylation is 1. The molecule has 0 bridgehead atoms. The fourth-order valence-electron chi connectivity index (χ4n) is 2.05. The summed E-state index contributed by atoms with van der Waals surface area (Å²) in [6.07, 6.45) is 1.01. The number of benzene rings is 1. The Morgan fingerprint density at radius 3 is 2.58 bits per heavy atom. The Kier molecular flexibility index (Phi) is 7.53. The topological polar surface area (TPSA) is 38.5 Å². The van der Waals surface area contributed by atoms with Gasteiger partial charge >= 0.3 is 0 Å². The average molecular weight is 264 g/mol. The lowest BCUT2D eigenvalue weighted by molar-refractivity contribution is 0.115. The van der Waals surface area contributed by atoms with Crippen molar-refractivity contribution in [2.75, 3.05) is 37.7 Å². The minimum Gasteiger partial charge on any atom is -0.379 e. The highest BCUT2D eigenvalue weighted by Gasteiger charge is 2.08. The van der Waals surface area contributed by atoms with Gasteiger partial charge in [0.1, 0.15) is 0 Å². The summed E-state index contributed by atoms with van der Waals surface area (Å²) in [4.78, 5) is 2.38. The quantitative estimate of drug-likeness (QED) is 0.697. The SMILES string of the molecule is Cc1ccccc1N(CCCN)CCOCC(C)C. The van der Waals surface area contributed by atoms with Crippen LogP contribution in [0.25, 0.3) is 0 Å². The van der Waals surface area contributed by atoms with Gasteiger partial charge in [0.05, 0.1) is 6.61 Å². The van der Waals surface area contributed by atoms with Gasteiger partial charge in [0, 0.05) is 25.4 Å². The van der Waals surface area contributed by atoms with Crippen molar-refractivity contribution >= 4 is 5.69 Å². The van der Waals surface area contributed by atoms with Crippen LogP contribution in [0.1, 0.15) is 25.8 Å². The molecule has 0 saturated heterocycles. The highest BCUT2D eigenvalue weighted by Crippen LogP contribution is 2.19. The third-order valence-corrected chi connectivity index (χ3v) is 3.05. The van der Waals surface area contributed by atoms with Gasteiger partial charge in [0.15, 0.2) is 0 Å². The highest BCUT2D eigenvalue weighted by atomic mass is 16.5. The van der Waals surface area contributed by atoms with E-state index in [0.29, 0.717) is 5.92 Å². The Morgan fingerprint density at radius 2 is 1.95 bits per heavy atom. The van der Waals surface area contributed by atoms with E-state index in [9.17, 15) is 0 Å². The van der Waals surface area contributed by atoms with Crippen LogP contribution >= 0.6 is 0 Å². The van der Waals surface area contributed by atoms with Crippen LogP contribution in [-0.4, -0.2) is 32.8 Å². The van der Waals surface area contributed by atoms with Crippen LogP contribution in [0.3, 0.4) is 0 Å². The van der Waals surface area contributed by atoms with Crippen molar-refractivity contribution in [3.8, 4) is 0 Å². The number of anilines is 1. The maximum Gasteiger partial charge on any atom is 0.0641 e. The largest absolute Gasteiger partial charge is 0.379 e. The summed E-state index contributed by atoms with van der Waals surface area (Å²) in [5.74, 6) is 0.593. The normalized spacial score (nSPS) is 11.0. The molecule has 0 aliphatic heterocycles. The number of hydrogen-bond acceptors (Lipinski definition) is 3. The summed E-state index contributed by atoms with van der Waals surface area (Å²) in [6.45, 7) is 10.8. The van der Waals surface area contributed by atoms with E-state index >= 15 is 0 Å². The molecule has 0 aliphatic carbocycles. The minimum atomic E-state index is 0.593. The molecule has 0 atom stereocenters. The first-order valence-electron chi connectivity index (χ1n) is 7.23. The Bertz CT molecular complexity index is 352. The predicted molar refractivity (Wildman–Crippen MR) is 82.7 cm³/mol. The van der Waals surface area contributed by atoms with Gasteiger partial charge in [0.2, 0.25) is 0 Å². The molecule has 3 nitrogen and oxygen atoms in total. The van der Waals surface area contributed by atoms with E-state index in [1.54, 1.807) is 0 Å². The van der Waals surface area contributed by atoms with Gasteiger partial charge in [-0.15, -0.1) is 0 Å². The summed E-state index contributed by atoms with van der Waals surface area (Å²) >= 11 is 0. The Hall–Kier alpha value is -1.06. The molecule has 19 heavy (non-hydrogen) atoms. The van der Waals surface area contributed by atoms with Crippen molar-refractivity contribution in [3.63, 3.8) is 0 Å². The molecule has 1 aromatic rings. The second-order valence-corrected chi connectivity index (χ2v) is 5.38. The Balaban J connectivity index is 2.54. The minimum absolute atomic E-state index is 0.593. The molecule has 1 rings (SSSR count). The molecule has 2 N–H and O–H groups in total. The maximum atomic E-state index is 5.69. The lowest BCUT2D eigenvalue weighted by atomic mass is 10.1. The number of para-hydroxylation sites is 1.